The summed E-state index contributed by atoms with van der Waals surface area (Å²) in [4.78, 5) is 22.1. The Hall–Kier alpha value is -2.24. The number of fused-ring (bicyclic) bond motifs is 1. The van der Waals surface area contributed by atoms with Gasteiger partial charge in [0.1, 0.15) is 11.8 Å². The van der Waals surface area contributed by atoms with E-state index in [1.54, 1.807) is 0 Å². The number of nitrogens with one attached hydrogen (secondary N) is 2. The van der Waals surface area contributed by atoms with Crippen LogP contribution in [0, 0.1) is 0 Å². The highest BCUT2D eigenvalue weighted by Crippen LogP contribution is 2.32. The maximum atomic E-state index is 11.5. The van der Waals surface area contributed by atoms with E-state index in [0.717, 1.165) is 11.3 Å². The van der Waals surface area contributed by atoms with Gasteiger partial charge in [0.2, 0.25) is 0 Å². The van der Waals surface area contributed by atoms with Crippen LogP contribution >= 0.6 is 0 Å². The van der Waals surface area contributed by atoms with Crippen molar-refractivity contribution in [2.75, 3.05) is 13.2 Å². The number of hydrogen-bond acceptors (Lipinski definition) is 3. The van der Waals surface area contributed by atoms with Crippen LogP contribution < -0.4 is 15.4 Å². The summed E-state index contributed by atoms with van der Waals surface area (Å²) in [5, 5.41) is 13.7. The summed E-state index contributed by atoms with van der Waals surface area (Å²) in [6.45, 7) is 2.35. The Morgan fingerprint density at radius 1 is 1.47 bits per heavy atom. The van der Waals surface area contributed by atoms with Crippen molar-refractivity contribution in [2.24, 2.45) is 0 Å². The number of para-hydroxylation sites is 1. The third kappa shape index (κ3) is 3.15. The molecule has 2 rings (SSSR count). The Kier molecular flexibility index (Phi) is 3.89. The molecule has 19 heavy (non-hydrogen) atoms. The van der Waals surface area contributed by atoms with E-state index in [1.165, 1.54) is 6.92 Å². The molecule has 1 heterocycles. The fraction of sp³-hybridized carbons (Fsp3) is 0.385. The first-order valence-corrected chi connectivity index (χ1v) is 6.07. The lowest BCUT2D eigenvalue weighted by atomic mass is 10.0. The van der Waals surface area contributed by atoms with E-state index in [4.69, 9.17) is 9.84 Å². The van der Waals surface area contributed by atoms with Crippen LogP contribution in [0.4, 0.5) is 4.79 Å². The van der Waals surface area contributed by atoms with Gasteiger partial charge in [-0.25, -0.2) is 4.79 Å². The minimum atomic E-state index is -1.07. The smallest absolute Gasteiger partial charge is 0.325 e. The molecule has 1 aliphatic rings. The second-order valence-corrected chi connectivity index (χ2v) is 4.46. The zero-order chi connectivity index (χ0) is 13.8. The Labute approximate surface area is 110 Å². The Balaban J connectivity index is 1.84. The summed E-state index contributed by atoms with van der Waals surface area (Å²) in [5.41, 5.74) is 1.06. The van der Waals surface area contributed by atoms with Gasteiger partial charge in [0.05, 0.1) is 6.61 Å². The fourth-order valence-corrected chi connectivity index (χ4v) is 1.92. The number of carbonyl (C=O) groups excluding carboxylic acids is 1. The standard InChI is InChI=1S/C13H16N2O4/c1-8(12(16)17)15-13(18)14-6-9-7-19-11-5-3-2-4-10(9)11/h2-5,8-9H,6-7H2,1H3,(H,16,17)(H2,14,15,18). The third-order valence-corrected chi connectivity index (χ3v) is 3.03. The molecular weight excluding hydrogens is 248 g/mol. The van der Waals surface area contributed by atoms with Gasteiger partial charge in [0, 0.05) is 18.0 Å². The van der Waals surface area contributed by atoms with E-state index in [0.29, 0.717) is 13.2 Å². The maximum Gasteiger partial charge on any atom is 0.325 e. The number of amides is 2. The predicted molar refractivity (Wildman–Crippen MR) is 68.3 cm³/mol. The van der Waals surface area contributed by atoms with E-state index < -0.39 is 18.0 Å². The molecule has 0 fully saturated rings. The molecular formula is C13H16N2O4. The molecule has 0 aliphatic carbocycles. The van der Waals surface area contributed by atoms with Gasteiger partial charge in [0.25, 0.3) is 0 Å². The lowest BCUT2D eigenvalue weighted by molar-refractivity contribution is -0.138. The van der Waals surface area contributed by atoms with E-state index in [9.17, 15) is 9.59 Å². The van der Waals surface area contributed by atoms with Crippen LogP contribution in [-0.4, -0.2) is 36.3 Å². The lowest BCUT2D eigenvalue weighted by Gasteiger charge is -2.13. The summed E-state index contributed by atoms with van der Waals surface area (Å²) in [6, 6.07) is 6.28. The van der Waals surface area contributed by atoms with Crippen molar-refractivity contribution in [3.63, 3.8) is 0 Å². The SMILES string of the molecule is CC(NC(=O)NCC1COc2ccccc21)C(=O)O. The Morgan fingerprint density at radius 2 is 2.21 bits per heavy atom. The van der Waals surface area contributed by atoms with Gasteiger partial charge in [-0.15, -0.1) is 0 Å². The second-order valence-electron chi connectivity index (χ2n) is 4.46. The molecule has 0 saturated heterocycles. The van der Waals surface area contributed by atoms with E-state index >= 15 is 0 Å². The molecule has 6 heteroatoms. The predicted octanol–water partition coefficient (Wildman–Crippen LogP) is 0.935. The second kappa shape index (κ2) is 5.60. The number of rotatable bonds is 4. The number of benzene rings is 1. The number of carboxylic acid groups (broad SMARTS) is 1. The van der Waals surface area contributed by atoms with E-state index in [2.05, 4.69) is 10.6 Å². The molecule has 102 valence electrons. The Morgan fingerprint density at radius 3 is 2.95 bits per heavy atom. The number of carboxylic acids is 1. The lowest BCUT2D eigenvalue weighted by Crippen LogP contribution is -2.45. The summed E-state index contributed by atoms with van der Waals surface area (Å²) in [6.07, 6.45) is 0. The Bertz CT molecular complexity index is 489. The molecule has 2 unspecified atom stereocenters. The van der Waals surface area contributed by atoms with Crippen molar-refractivity contribution in [1.29, 1.82) is 0 Å². The van der Waals surface area contributed by atoms with Crippen molar-refractivity contribution < 1.29 is 19.4 Å². The van der Waals surface area contributed by atoms with E-state index in [1.807, 2.05) is 24.3 Å². The molecule has 0 bridgehead atoms. The van der Waals surface area contributed by atoms with Gasteiger partial charge in [-0.3, -0.25) is 4.79 Å². The summed E-state index contributed by atoms with van der Waals surface area (Å²) in [7, 11) is 0. The molecule has 1 aliphatic heterocycles. The molecule has 2 atom stereocenters. The van der Waals surface area contributed by atoms with Crippen LogP contribution in [0.15, 0.2) is 24.3 Å². The average Bonchev–Trinajstić information content (AvgIpc) is 2.79. The number of ether oxygens (including phenoxy) is 1. The van der Waals surface area contributed by atoms with Crippen molar-refractivity contribution in [2.45, 2.75) is 18.9 Å². The first-order valence-electron chi connectivity index (χ1n) is 6.07. The highest BCUT2D eigenvalue weighted by atomic mass is 16.5. The quantitative estimate of drug-likeness (QED) is 0.755. The number of aliphatic carboxylic acids is 1. The number of urea groups is 1. The van der Waals surface area contributed by atoms with Gasteiger partial charge in [-0.05, 0) is 13.0 Å². The third-order valence-electron chi connectivity index (χ3n) is 3.03. The van der Waals surface area contributed by atoms with Crippen LogP contribution in [-0.2, 0) is 4.79 Å². The summed E-state index contributed by atoms with van der Waals surface area (Å²) < 4.78 is 5.50. The van der Waals surface area contributed by atoms with Crippen LogP contribution in [0.3, 0.4) is 0 Å². The van der Waals surface area contributed by atoms with Crippen molar-refractivity contribution in [1.82, 2.24) is 10.6 Å². The molecule has 0 radical (unpaired) electrons. The van der Waals surface area contributed by atoms with Crippen LogP contribution in [0.1, 0.15) is 18.4 Å². The van der Waals surface area contributed by atoms with Gasteiger partial charge in [-0.2, -0.15) is 0 Å². The molecule has 1 aromatic carbocycles. The molecule has 2 amide bonds. The van der Waals surface area contributed by atoms with E-state index in [-0.39, 0.29) is 5.92 Å². The summed E-state index contributed by atoms with van der Waals surface area (Å²) in [5.74, 6) is -0.125. The molecule has 0 aromatic heterocycles. The zero-order valence-corrected chi connectivity index (χ0v) is 10.6. The normalized spacial score (nSPS) is 18.1. The first-order chi connectivity index (χ1) is 9.08. The highest BCUT2D eigenvalue weighted by Gasteiger charge is 2.24. The number of carbonyl (C=O) groups is 2. The molecule has 1 aromatic rings. The molecule has 3 N–H and O–H groups in total. The van der Waals surface area contributed by atoms with Gasteiger partial charge >= 0.3 is 12.0 Å². The van der Waals surface area contributed by atoms with Gasteiger partial charge < -0.3 is 20.5 Å². The van der Waals surface area contributed by atoms with Gasteiger partial charge in [-0.1, -0.05) is 18.2 Å². The monoisotopic (exact) mass is 264 g/mol. The minimum absolute atomic E-state index is 0.0992. The van der Waals surface area contributed by atoms with Crippen molar-refractivity contribution in [3.05, 3.63) is 29.8 Å². The summed E-state index contributed by atoms with van der Waals surface area (Å²) >= 11 is 0. The van der Waals surface area contributed by atoms with Crippen LogP contribution in [0.2, 0.25) is 0 Å². The average molecular weight is 264 g/mol. The first kappa shape index (κ1) is 13.2. The topological polar surface area (TPSA) is 87.7 Å². The number of hydrogen-bond donors (Lipinski definition) is 3. The zero-order valence-electron chi connectivity index (χ0n) is 10.6. The highest BCUT2D eigenvalue weighted by molar-refractivity contribution is 5.82. The van der Waals surface area contributed by atoms with Crippen LogP contribution in [0.25, 0.3) is 0 Å². The molecule has 0 saturated carbocycles. The van der Waals surface area contributed by atoms with Crippen LogP contribution in [0.5, 0.6) is 5.75 Å². The van der Waals surface area contributed by atoms with Crippen molar-refractivity contribution >= 4 is 12.0 Å². The fourth-order valence-electron chi connectivity index (χ4n) is 1.92. The molecule has 0 spiro atoms. The largest absolute Gasteiger partial charge is 0.493 e. The molecule has 6 nitrogen and oxygen atoms in total. The van der Waals surface area contributed by atoms with Gasteiger partial charge in [0.15, 0.2) is 0 Å². The van der Waals surface area contributed by atoms with Crippen molar-refractivity contribution in [3.8, 4) is 5.75 Å². The maximum absolute atomic E-state index is 11.5. The minimum Gasteiger partial charge on any atom is -0.493 e.